The molecule has 0 aliphatic heterocycles. The van der Waals surface area contributed by atoms with Gasteiger partial charge in [-0.1, -0.05) is 45.4 Å². The van der Waals surface area contributed by atoms with Crippen LogP contribution in [0.15, 0.2) is 18.2 Å². The Morgan fingerprint density at radius 2 is 1.63 bits per heavy atom. The van der Waals surface area contributed by atoms with E-state index >= 15 is 0 Å². The fourth-order valence-corrected chi connectivity index (χ4v) is 3.14. The topological polar surface area (TPSA) is 37.8 Å². The van der Waals surface area contributed by atoms with Gasteiger partial charge in [-0.2, -0.15) is 13.2 Å². The Morgan fingerprint density at radius 3 is 2.15 bits per heavy atom. The van der Waals surface area contributed by atoms with Crippen molar-refractivity contribution in [3.05, 3.63) is 40.2 Å². The second kappa shape index (κ2) is 8.91. The fourth-order valence-electron chi connectivity index (χ4n) is 2.97. The molecule has 0 atom stereocenters. The van der Waals surface area contributed by atoms with Crippen LogP contribution in [0.2, 0.25) is 5.02 Å². The second-order valence-corrected chi connectivity index (χ2v) is 6.80. The summed E-state index contributed by atoms with van der Waals surface area (Å²) in [4.78, 5) is 9.24. The van der Waals surface area contributed by atoms with Crippen molar-refractivity contribution >= 4 is 17.4 Å². The van der Waals surface area contributed by atoms with Gasteiger partial charge in [-0.05, 0) is 37.8 Å². The number of aryl methyl sites for hydroxylation is 2. The molecular weight excluding hydrogens is 375 g/mol. The summed E-state index contributed by atoms with van der Waals surface area (Å²) < 4.78 is 40.7. The molecule has 1 aromatic heterocycles. The lowest BCUT2D eigenvalue weighted by molar-refractivity contribution is -0.137. The summed E-state index contributed by atoms with van der Waals surface area (Å²) in [5.74, 6) is 0.661. The monoisotopic (exact) mass is 399 g/mol. The first-order chi connectivity index (χ1) is 12.7. The van der Waals surface area contributed by atoms with Crippen LogP contribution >= 0.6 is 11.6 Å². The molecule has 3 nitrogen and oxygen atoms in total. The lowest BCUT2D eigenvalue weighted by atomic mass is 10.0. The third-order valence-electron chi connectivity index (χ3n) is 4.58. The van der Waals surface area contributed by atoms with Crippen LogP contribution in [-0.4, -0.2) is 16.0 Å². The predicted octanol–water partition coefficient (Wildman–Crippen LogP) is 6.54. The smallest absolute Gasteiger partial charge is 0.366 e. The first kappa shape index (κ1) is 21.5. The van der Waals surface area contributed by atoms with Gasteiger partial charge in [0.25, 0.3) is 0 Å². The summed E-state index contributed by atoms with van der Waals surface area (Å²) in [6.45, 7) is 7.95. The standard InChI is InChI=1S/C20H25ClF3N3/c1-5-13(6-2)25-19-17(8-4)26-18(16(7-3)27-19)14-10-9-12(21)11-15(14)20(22,23)24/h9-11,13H,5-8H2,1-4H3,(H,25,27). The molecule has 0 amide bonds. The maximum Gasteiger partial charge on any atom is 0.417 e. The van der Waals surface area contributed by atoms with Crippen molar-refractivity contribution in [1.29, 1.82) is 0 Å². The van der Waals surface area contributed by atoms with Crippen LogP contribution in [0, 0.1) is 0 Å². The molecule has 0 spiro atoms. The van der Waals surface area contributed by atoms with Gasteiger partial charge in [-0.15, -0.1) is 0 Å². The third-order valence-corrected chi connectivity index (χ3v) is 4.81. The van der Waals surface area contributed by atoms with Gasteiger partial charge in [0.15, 0.2) is 0 Å². The maximum atomic E-state index is 13.6. The maximum absolute atomic E-state index is 13.6. The second-order valence-electron chi connectivity index (χ2n) is 6.37. The molecule has 1 aromatic carbocycles. The van der Waals surface area contributed by atoms with E-state index in [4.69, 9.17) is 11.6 Å². The molecule has 7 heteroatoms. The molecule has 0 aliphatic rings. The van der Waals surface area contributed by atoms with Gasteiger partial charge in [0.1, 0.15) is 5.82 Å². The number of hydrogen-bond donors (Lipinski definition) is 1. The minimum absolute atomic E-state index is 0.0139. The van der Waals surface area contributed by atoms with Crippen LogP contribution < -0.4 is 5.32 Å². The first-order valence-electron chi connectivity index (χ1n) is 9.28. The predicted molar refractivity (Wildman–Crippen MR) is 104 cm³/mol. The van der Waals surface area contributed by atoms with Crippen molar-refractivity contribution < 1.29 is 13.2 Å². The molecule has 0 fully saturated rings. The lowest BCUT2D eigenvalue weighted by Crippen LogP contribution is -2.20. The average Bonchev–Trinajstić information content (AvgIpc) is 2.64. The third kappa shape index (κ3) is 4.92. The minimum atomic E-state index is -4.52. The molecule has 1 heterocycles. The van der Waals surface area contributed by atoms with Crippen molar-refractivity contribution in [1.82, 2.24) is 9.97 Å². The number of halogens is 4. The van der Waals surface area contributed by atoms with E-state index in [2.05, 4.69) is 29.1 Å². The molecule has 0 saturated heterocycles. The van der Waals surface area contributed by atoms with Crippen LogP contribution in [0.3, 0.4) is 0 Å². The Bertz CT molecular complexity index is 787. The Hall–Kier alpha value is -1.82. The summed E-state index contributed by atoms with van der Waals surface area (Å²) in [5, 5.41) is 3.43. The number of benzene rings is 1. The molecule has 148 valence electrons. The zero-order chi connectivity index (χ0) is 20.2. The van der Waals surface area contributed by atoms with Crippen molar-refractivity contribution in [2.24, 2.45) is 0 Å². The Labute approximate surface area is 163 Å². The first-order valence-corrected chi connectivity index (χ1v) is 9.66. The van der Waals surface area contributed by atoms with E-state index < -0.39 is 11.7 Å². The zero-order valence-electron chi connectivity index (χ0n) is 16.0. The van der Waals surface area contributed by atoms with E-state index in [0.717, 1.165) is 18.9 Å². The molecule has 0 radical (unpaired) electrons. The molecule has 0 unspecified atom stereocenters. The Morgan fingerprint density at radius 1 is 1.00 bits per heavy atom. The van der Waals surface area contributed by atoms with E-state index in [1.165, 1.54) is 12.1 Å². The average molecular weight is 400 g/mol. The van der Waals surface area contributed by atoms with Gasteiger partial charge in [0.2, 0.25) is 0 Å². The number of hydrogen-bond acceptors (Lipinski definition) is 3. The molecule has 0 aliphatic carbocycles. The summed E-state index contributed by atoms with van der Waals surface area (Å²) in [5.41, 5.74) is 0.695. The van der Waals surface area contributed by atoms with Gasteiger partial charge in [0.05, 0.1) is 22.6 Å². The highest BCUT2D eigenvalue weighted by Crippen LogP contribution is 2.39. The quantitative estimate of drug-likeness (QED) is 0.574. The van der Waals surface area contributed by atoms with Gasteiger partial charge < -0.3 is 5.32 Å². The number of rotatable bonds is 7. The van der Waals surface area contributed by atoms with E-state index in [-0.39, 0.29) is 22.3 Å². The largest absolute Gasteiger partial charge is 0.417 e. The van der Waals surface area contributed by atoms with E-state index in [1.54, 1.807) is 0 Å². The van der Waals surface area contributed by atoms with Crippen molar-refractivity contribution in [3.8, 4) is 11.3 Å². The number of nitrogens with one attached hydrogen (secondary N) is 1. The SMILES string of the molecule is CCc1nc(-c2ccc(Cl)cc2C(F)(F)F)c(CC)nc1NC(CC)CC. The molecule has 0 saturated carbocycles. The van der Waals surface area contributed by atoms with E-state index in [0.29, 0.717) is 30.0 Å². The normalized spacial score (nSPS) is 11.9. The number of alkyl halides is 3. The fraction of sp³-hybridized carbons (Fsp3) is 0.500. The van der Waals surface area contributed by atoms with Gasteiger partial charge >= 0.3 is 6.18 Å². The van der Waals surface area contributed by atoms with Crippen molar-refractivity contribution in [2.45, 2.75) is 65.6 Å². The molecular formula is C20H25ClF3N3. The summed E-state index contributed by atoms with van der Waals surface area (Å²) in [6, 6.07) is 4.03. The van der Waals surface area contributed by atoms with Crippen molar-refractivity contribution in [3.63, 3.8) is 0 Å². The van der Waals surface area contributed by atoms with Crippen LogP contribution in [0.25, 0.3) is 11.3 Å². The highest BCUT2D eigenvalue weighted by molar-refractivity contribution is 6.30. The zero-order valence-corrected chi connectivity index (χ0v) is 16.8. The summed E-state index contributed by atoms with van der Waals surface area (Å²) in [7, 11) is 0. The number of nitrogens with zero attached hydrogens (tertiary/aromatic N) is 2. The highest BCUT2D eigenvalue weighted by Gasteiger charge is 2.35. The number of aromatic nitrogens is 2. The van der Waals surface area contributed by atoms with Crippen LogP contribution in [-0.2, 0) is 19.0 Å². The van der Waals surface area contributed by atoms with E-state index in [9.17, 15) is 13.2 Å². The highest BCUT2D eigenvalue weighted by atomic mass is 35.5. The van der Waals surface area contributed by atoms with Gasteiger partial charge in [-0.25, -0.2) is 9.97 Å². The van der Waals surface area contributed by atoms with Gasteiger partial charge in [-0.3, -0.25) is 0 Å². The number of anilines is 1. The molecule has 0 bridgehead atoms. The Kier molecular flexibility index (Phi) is 7.09. The minimum Gasteiger partial charge on any atom is -0.366 e. The molecule has 27 heavy (non-hydrogen) atoms. The molecule has 2 aromatic rings. The van der Waals surface area contributed by atoms with Crippen LogP contribution in [0.4, 0.5) is 19.0 Å². The Balaban J connectivity index is 2.65. The summed E-state index contributed by atoms with van der Waals surface area (Å²) in [6.07, 6.45) is -1.61. The lowest BCUT2D eigenvalue weighted by Gasteiger charge is -2.21. The summed E-state index contributed by atoms with van der Waals surface area (Å²) >= 11 is 5.81. The van der Waals surface area contributed by atoms with Crippen LogP contribution in [0.1, 0.15) is 57.5 Å². The van der Waals surface area contributed by atoms with E-state index in [1.807, 2.05) is 13.8 Å². The molecule has 2 rings (SSSR count). The van der Waals surface area contributed by atoms with Gasteiger partial charge in [0, 0.05) is 16.6 Å². The molecule has 1 N–H and O–H groups in total. The van der Waals surface area contributed by atoms with Crippen LogP contribution in [0.5, 0.6) is 0 Å². The van der Waals surface area contributed by atoms with Crippen molar-refractivity contribution in [2.75, 3.05) is 5.32 Å².